The van der Waals surface area contributed by atoms with Crippen molar-refractivity contribution in [3.63, 3.8) is 0 Å². The molecule has 3 N–H and O–H groups in total. The molecule has 4 aromatic rings. The molecule has 1 aliphatic rings. The molecule has 1 fully saturated rings. The summed E-state index contributed by atoms with van der Waals surface area (Å²) in [5, 5.41) is 10.2. The predicted octanol–water partition coefficient (Wildman–Crippen LogP) is 2.47. The molecule has 2 aromatic heterocycles. The third-order valence-corrected chi connectivity index (χ3v) is 6.48. The Kier molecular flexibility index (Phi) is 5.87. The van der Waals surface area contributed by atoms with Crippen molar-refractivity contribution < 1.29 is 14.3 Å². The normalized spacial score (nSPS) is 16.5. The summed E-state index contributed by atoms with van der Waals surface area (Å²) in [6.45, 7) is 2.88. The van der Waals surface area contributed by atoms with Crippen LogP contribution in [0.2, 0.25) is 0 Å². The maximum atomic E-state index is 12.8. The molecule has 5 rings (SSSR count). The van der Waals surface area contributed by atoms with E-state index in [4.69, 9.17) is 10.2 Å². The predicted molar refractivity (Wildman–Crippen MR) is 129 cm³/mol. The number of hydrogen-bond acceptors (Lipinski definition) is 7. The SMILES string of the molecule is CN1CCN(C(=O)c2ccc(-c3cc4ncnc([C@](N)(CO)c5ccccc5)c4o3)cc2)CC1. The van der Waals surface area contributed by atoms with Crippen molar-refractivity contribution in [2.24, 2.45) is 5.73 Å². The number of benzene rings is 2. The second kappa shape index (κ2) is 8.98. The Morgan fingerprint density at radius 3 is 2.44 bits per heavy atom. The zero-order chi connectivity index (χ0) is 23.7. The molecule has 0 radical (unpaired) electrons. The first-order chi connectivity index (χ1) is 16.5. The molecule has 8 nitrogen and oxygen atoms in total. The van der Waals surface area contributed by atoms with Crippen LogP contribution in [0, 0.1) is 0 Å². The van der Waals surface area contributed by atoms with Crippen LogP contribution in [-0.2, 0) is 5.54 Å². The Labute approximate surface area is 197 Å². The summed E-state index contributed by atoms with van der Waals surface area (Å²) in [6.07, 6.45) is 1.43. The maximum absolute atomic E-state index is 12.8. The van der Waals surface area contributed by atoms with Gasteiger partial charge >= 0.3 is 0 Å². The maximum Gasteiger partial charge on any atom is 0.253 e. The number of aromatic nitrogens is 2. The molecule has 1 aliphatic heterocycles. The van der Waals surface area contributed by atoms with E-state index in [0.717, 1.165) is 37.3 Å². The number of nitrogens with zero attached hydrogens (tertiary/aromatic N) is 4. The third kappa shape index (κ3) is 3.96. The zero-order valence-corrected chi connectivity index (χ0v) is 19.0. The van der Waals surface area contributed by atoms with Crippen molar-refractivity contribution in [3.8, 4) is 11.3 Å². The Hall–Kier alpha value is -3.59. The van der Waals surface area contributed by atoms with Crippen molar-refractivity contribution in [2.45, 2.75) is 5.54 Å². The number of amides is 1. The Bertz CT molecular complexity index is 1300. The topological polar surface area (TPSA) is 109 Å². The van der Waals surface area contributed by atoms with Crippen LogP contribution in [0.3, 0.4) is 0 Å². The van der Waals surface area contributed by atoms with E-state index in [2.05, 4.69) is 21.9 Å². The van der Waals surface area contributed by atoms with Crippen LogP contribution in [0.25, 0.3) is 22.4 Å². The van der Waals surface area contributed by atoms with Gasteiger partial charge in [0.1, 0.15) is 28.8 Å². The zero-order valence-electron chi connectivity index (χ0n) is 19.0. The first-order valence-electron chi connectivity index (χ1n) is 11.3. The average Bonchev–Trinajstić information content (AvgIpc) is 3.33. The van der Waals surface area contributed by atoms with Crippen LogP contribution in [0.1, 0.15) is 21.6 Å². The minimum atomic E-state index is -1.24. The van der Waals surface area contributed by atoms with Crippen molar-refractivity contribution in [1.29, 1.82) is 0 Å². The van der Waals surface area contributed by atoms with Crippen molar-refractivity contribution >= 4 is 17.0 Å². The Morgan fingerprint density at radius 1 is 1.06 bits per heavy atom. The van der Waals surface area contributed by atoms with Crippen LogP contribution in [0.4, 0.5) is 0 Å². The molecule has 0 bridgehead atoms. The molecule has 8 heteroatoms. The second-order valence-electron chi connectivity index (χ2n) is 8.72. The first kappa shape index (κ1) is 22.2. The molecule has 1 saturated heterocycles. The average molecular weight is 458 g/mol. The molecule has 0 aliphatic carbocycles. The minimum Gasteiger partial charge on any atom is -0.452 e. The number of furan rings is 1. The van der Waals surface area contributed by atoms with E-state index in [-0.39, 0.29) is 12.5 Å². The van der Waals surface area contributed by atoms with Gasteiger partial charge in [-0.3, -0.25) is 4.79 Å². The number of nitrogens with two attached hydrogens (primary N) is 1. The number of piperazine rings is 1. The van der Waals surface area contributed by atoms with Gasteiger partial charge in [-0.05, 0) is 24.7 Å². The molecular weight excluding hydrogens is 430 g/mol. The number of carbonyl (C=O) groups excluding carboxylic acids is 1. The second-order valence-corrected chi connectivity index (χ2v) is 8.72. The van der Waals surface area contributed by atoms with Crippen molar-refractivity contribution in [1.82, 2.24) is 19.8 Å². The summed E-state index contributed by atoms with van der Waals surface area (Å²) < 4.78 is 6.17. The molecular formula is C26H27N5O3. The fourth-order valence-electron chi connectivity index (χ4n) is 4.32. The lowest BCUT2D eigenvalue weighted by atomic mass is 9.88. The molecule has 174 valence electrons. The monoisotopic (exact) mass is 457 g/mol. The molecule has 1 amide bonds. The number of rotatable bonds is 5. The quantitative estimate of drug-likeness (QED) is 0.474. The highest BCUT2D eigenvalue weighted by Gasteiger charge is 2.34. The van der Waals surface area contributed by atoms with Crippen molar-refractivity contribution in [3.05, 3.63) is 83.8 Å². The fraction of sp³-hybridized carbons (Fsp3) is 0.269. The van der Waals surface area contributed by atoms with Gasteiger partial charge in [-0.1, -0.05) is 42.5 Å². The number of carbonyl (C=O) groups is 1. The lowest BCUT2D eigenvalue weighted by Crippen LogP contribution is -2.47. The van der Waals surface area contributed by atoms with E-state index in [9.17, 15) is 9.90 Å². The van der Waals surface area contributed by atoms with E-state index in [1.807, 2.05) is 65.6 Å². The minimum absolute atomic E-state index is 0.0381. The first-order valence-corrected chi connectivity index (χ1v) is 11.3. The molecule has 0 saturated carbocycles. The summed E-state index contributed by atoms with van der Waals surface area (Å²) >= 11 is 0. The van der Waals surface area contributed by atoms with Gasteiger partial charge in [0.2, 0.25) is 0 Å². The Balaban J connectivity index is 1.46. The fourth-order valence-corrected chi connectivity index (χ4v) is 4.32. The highest BCUT2D eigenvalue weighted by atomic mass is 16.3. The van der Waals surface area contributed by atoms with Crippen LogP contribution in [-0.4, -0.2) is 70.6 Å². The summed E-state index contributed by atoms with van der Waals surface area (Å²) in [5.41, 5.74) is 9.02. The van der Waals surface area contributed by atoms with Gasteiger partial charge in [0.15, 0.2) is 5.58 Å². The smallest absolute Gasteiger partial charge is 0.253 e. The van der Waals surface area contributed by atoms with Crippen LogP contribution in [0.15, 0.2) is 71.4 Å². The summed E-state index contributed by atoms with van der Waals surface area (Å²) in [6, 6.07) is 18.5. The number of fused-ring (bicyclic) bond motifs is 1. The molecule has 0 spiro atoms. The Morgan fingerprint density at radius 2 is 1.76 bits per heavy atom. The van der Waals surface area contributed by atoms with E-state index in [0.29, 0.717) is 28.1 Å². The van der Waals surface area contributed by atoms with Gasteiger partial charge in [-0.2, -0.15) is 0 Å². The third-order valence-electron chi connectivity index (χ3n) is 6.48. The van der Waals surface area contributed by atoms with Crippen LogP contribution in [0.5, 0.6) is 0 Å². The summed E-state index contributed by atoms with van der Waals surface area (Å²) in [5.74, 6) is 0.625. The largest absolute Gasteiger partial charge is 0.452 e. The number of aliphatic hydroxyl groups is 1. The number of hydrogen-bond donors (Lipinski definition) is 2. The van der Waals surface area contributed by atoms with Gasteiger partial charge in [0.05, 0.1) is 6.61 Å². The molecule has 2 aromatic carbocycles. The van der Waals surface area contributed by atoms with Gasteiger partial charge in [-0.15, -0.1) is 0 Å². The lowest BCUT2D eigenvalue weighted by molar-refractivity contribution is 0.0664. The van der Waals surface area contributed by atoms with Crippen LogP contribution >= 0.6 is 0 Å². The number of likely N-dealkylation sites (N-methyl/N-ethyl adjacent to an activating group) is 1. The molecule has 3 heterocycles. The molecule has 0 unspecified atom stereocenters. The molecule has 34 heavy (non-hydrogen) atoms. The van der Waals surface area contributed by atoms with Gasteiger partial charge < -0.3 is 25.1 Å². The van der Waals surface area contributed by atoms with E-state index >= 15 is 0 Å². The molecule has 1 atom stereocenters. The standard InChI is InChI=1S/C26H27N5O3/c1-30-11-13-31(14-12-30)25(33)19-9-7-18(8-10-19)22-15-21-23(34-22)24(29-17-28-21)26(27,16-32)20-5-3-2-4-6-20/h2-10,15,17,32H,11-14,16,27H2,1H3/t26-/m0/s1. The van der Waals surface area contributed by atoms with Gasteiger partial charge in [-0.25, -0.2) is 9.97 Å². The highest BCUT2D eigenvalue weighted by Crippen LogP contribution is 2.34. The number of aliphatic hydroxyl groups excluding tert-OH is 1. The lowest BCUT2D eigenvalue weighted by Gasteiger charge is -2.32. The summed E-state index contributed by atoms with van der Waals surface area (Å²) in [4.78, 5) is 25.7. The summed E-state index contributed by atoms with van der Waals surface area (Å²) in [7, 11) is 2.06. The van der Waals surface area contributed by atoms with Crippen LogP contribution < -0.4 is 5.73 Å². The van der Waals surface area contributed by atoms with Gasteiger partial charge in [0.25, 0.3) is 5.91 Å². The van der Waals surface area contributed by atoms with E-state index < -0.39 is 5.54 Å². The van der Waals surface area contributed by atoms with Gasteiger partial charge in [0, 0.05) is 43.4 Å². The van der Waals surface area contributed by atoms with E-state index in [1.165, 1.54) is 6.33 Å². The van der Waals surface area contributed by atoms with Crippen molar-refractivity contribution in [2.75, 3.05) is 39.8 Å². The highest BCUT2D eigenvalue weighted by molar-refractivity contribution is 5.95. The van der Waals surface area contributed by atoms with E-state index in [1.54, 1.807) is 0 Å².